The average molecular weight is 197 g/mol. The lowest BCUT2D eigenvalue weighted by atomic mass is 10.4. The molecule has 0 spiro atoms. The van der Waals surface area contributed by atoms with Crippen LogP contribution in [0.5, 0.6) is 0 Å². The van der Waals surface area contributed by atoms with E-state index in [9.17, 15) is 0 Å². The SMILES string of the molecule is C1CCN(CCN2CCCNCC2)C1. The summed E-state index contributed by atoms with van der Waals surface area (Å²) in [6.07, 6.45) is 4.16. The Balaban J connectivity index is 1.62. The summed E-state index contributed by atoms with van der Waals surface area (Å²) in [6, 6.07) is 0. The van der Waals surface area contributed by atoms with Crippen LogP contribution in [-0.4, -0.2) is 62.2 Å². The smallest absolute Gasteiger partial charge is 0.0110 e. The molecule has 0 saturated carbocycles. The molecule has 0 amide bonds. The summed E-state index contributed by atoms with van der Waals surface area (Å²) in [5, 5.41) is 3.45. The molecule has 2 rings (SSSR count). The van der Waals surface area contributed by atoms with Crippen molar-refractivity contribution in [2.75, 3.05) is 52.4 Å². The summed E-state index contributed by atoms with van der Waals surface area (Å²) in [5.41, 5.74) is 0. The Bertz CT molecular complexity index is 147. The van der Waals surface area contributed by atoms with Crippen molar-refractivity contribution in [2.24, 2.45) is 0 Å². The maximum atomic E-state index is 3.45. The predicted octanol–water partition coefficient (Wildman–Crippen LogP) is 0.378. The van der Waals surface area contributed by atoms with Gasteiger partial charge in [0, 0.05) is 26.2 Å². The summed E-state index contributed by atoms with van der Waals surface area (Å²) >= 11 is 0. The predicted molar refractivity (Wildman–Crippen MR) is 59.6 cm³/mol. The number of nitrogens with zero attached hydrogens (tertiary/aromatic N) is 2. The normalized spacial score (nSPS) is 26.6. The van der Waals surface area contributed by atoms with Gasteiger partial charge in [0.2, 0.25) is 0 Å². The van der Waals surface area contributed by atoms with Gasteiger partial charge in [0.1, 0.15) is 0 Å². The minimum Gasteiger partial charge on any atom is -0.315 e. The second-order valence-corrected chi connectivity index (χ2v) is 4.49. The fourth-order valence-electron chi connectivity index (χ4n) is 2.41. The zero-order valence-electron chi connectivity index (χ0n) is 9.17. The number of hydrogen-bond acceptors (Lipinski definition) is 3. The second-order valence-electron chi connectivity index (χ2n) is 4.49. The van der Waals surface area contributed by atoms with E-state index < -0.39 is 0 Å². The van der Waals surface area contributed by atoms with Crippen molar-refractivity contribution in [3.8, 4) is 0 Å². The Labute approximate surface area is 87.4 Å². The fourth-order valence-corrected chi connectivity index (χ4v) is 2.41. The maximum absolute atomic E-state index is 3.45. The van der Waals surface area contributed by atoms with Gasteiger partial charge >= 0.3 is 0 Å². The van der Waals surface area contributed by atoms with E-state index in [0.29, 0.717) is 0 Å². The molecule has 0 aromatic carbocycles. The third-order valence-electron chi connectivity index (χ3n) is 3.36. The Hall–Kier alpha value is -0.120. The number of likely N-dealkylation sites (tertiary alicyclic amines) is 1. The molecule has 82 valence electrons. The molecule has 0 bridgehead atoms. The van der Waals surface area contributed by atoms with E-state index in [2.05, 4.69) is 15.1 Å². The Kier molecular flexibility index (Phi) is 4.22. The molecule has 0 atom stereocenters. The van der Waals surface area contributed by atoms with Crippen LogP contribution < -0.4 is 5.32 Å². The molecule has 2 aliphatic rings. The van der Waals surface area contributed by atoms with E-state index in [1.807, 2.05) is 0 Å². The average Bonchev–Trinajstić information content (AvgIpc) is 2.58. The molecule has 3 nitrogen and oxygen atoms in total. The van der Waals surface area contributed by atoms with Gasteiger partial charge in [-0.3, -0.25) is 0 Å². The highest BCUT2D eigenvalue weighted by atomic mass is 15.2. The Morgan fingerprint density at radius 1 is 0.714 bits per heavy atom. The molecule has 0 aliphatic carbocycles. The first kappa shape index (κ1) is 10.4. The van der Waals surface area contributed by atoms with Gasteiger partial charge in [-0.2, -0.15) is 0 Å². The third kappa shape index (κ3) is 3.23. The molecule has 0 unspecified atom stereocenters. The first-order valence-corrected chi connectivity index (χ1v) is 6.10. The van der Waals surface area contributed by atoms with Gasteiger partial charge in [0.05, 0.1) is 0 Å². The van der Waals surface area contributed by atoms with Crippen molar-refractivity contribution >= 4 is 0 Å². The van der Waals surface area contributed by atoms with E-state index in [0.717, 1.165) is 0 Å². The monoisotopic (exact) mass is 197 g/mol. The van der Waals surface area contributed by atoms with Gasteiger partial charge in [-0.05, 0) is 45.4 Å². The van der Waals surface area contributed by atoms with Gasteiger partial charge in [-0.25, -0.2) is 0 Å². The van der Waals surface area contributed by atoms with Crippen LogP contribution in [0.1, 0.15) is 19.3 Å². The molecule has 0 aromatic rings. The highest BCUT2D eigenvalue weighted by molar-refractivity contribution is 4.70. The van der Waals surface area contributed by atoms with Crippen LogP contribution in [0.4, 0.5) is 0 Å². The first-order valence-electron chi connectivity index (χ1n) is 6.10. The molecule has 0 radical (unpaired) electrons. The van der Waals surface area contributed by atoms with Crippen LogP contribution in [0.15, 0.2) is 0 Å². The number of nitrogens with one attached hydrogen (secondary N) is 1. The summed E-state index contributed by atoms with van der Waals surface area (Å²) in [4.78, 5) is 5.22. The number of rotatable bonds is 3. The molecule has 3 heteroatoms. The van der Waals surface area contributed by atoms with Crippen molar-refractivity contribution in [1.29, 1.82) is 0 Å². The number of hydrogen-bond donors (Lipinski definition) is 1. The van der Waals surface area contributed by atoms with Crippen LogP contribution in [0.2, 0.25) is 0 Å². The van der Waals surface area contributed by atoms with E-state index in [-0.39, 0.29) is 0 Å². The third-order valence-corrected chi connectivity index (χ3v) is 3.36. The van der Waals surface area contributed by atoms with Crippen LogP contribution in [-0.2, 0) is 0 Å². The fraction of sp³-hybridized carbons (Fsp3) is 1.00. The van der Waals surface area contributed by atoms with Crippen molar-refractivity contribution in [2.45, 2.75) is 19.3 Å². The van der Waals surface area contributed by atoms with Crippen molar-refractivity contribution in [3.63, 3.8) is 0 Å². The van der Waals surface area contributed by atoms with E-state index in [1.54, 1.807) is 0 Å². The zero-order valence-corrected chi connectivity index (χ0v) is 9.17. The molecular weight excluding hydrogens is 174 g/mol. The summed E-state index contributed by atoms with van der Waals surface area (Å²) in [5.74, 6) is 0. The minimum absolute atomic E-state index is 1.18. The van der Waals surface area contributed by atoms with Crippen LogP contribution >= 0.6 is 0 Å². The minimum atomic E-state index is 1.18. The van der Waals surface area contributed by atoms with Crippen molar-refractivity contribution in [3.05, 3.63) is 0 Å². The Morgan fingerprint density at radius 2 is 1.36 bits per heavy atom. The van der Waals surface area contributed by atoms with Crippen LogP contribution in [0, 0.1) is 0 Å². The van der Waals surface area contributed by atoms with Gasteiger partial charge < -0.3 is 15.1 Å². The second kappa shape index (κ2) is 5.69. The van der Waals surface area contributed by atoms with Gasteiger partial charge in [0.25, 0.3) is 0 Å². The van der Waals surface area contributed by atoms with Crippen LogP contribution in [0.3, 0.4) is 0 Å². The summed E-state index contributed by atoms with van der Waals surface area (Å²) < 4.78 is 0. The highest BCUT2D eigenvalue weighted by Gasteiger charge is 2.13. The molecule has 14 heavy (non-hydrogen) atoms. The molecule has 1 N–H and O–H groups in total. The molecule has 0 aromatic heterocycles. The van der Waals surface area contributed by atoms with Gasteiger partial charge in [0.15, 0.2) is 0 Å². The standard InChI is InChI=1S/C11H23N3/c1-2-7-13(6-1)10-11-14-8-3-4-12-5-9-14/h12H,1-11H2. The quantitative estimate of drug-likeness (QED) is 0.705. The zero-order chi connectivity index (χ0) is 9.64. The van der Waals surface area contributed by atoms with Gasteiger partial charge in [-0.15, -0.1) is 0 Å². The van der Waals surface area contributed by atoms with Crippen molar-refractivity contribution < 1.29 is 0 Å². The first-order chi connectivity index (χ1) is 6.95. The van der Waals surface area contributed by atoms with E-state index >= 15 is 0 Å². The van der Waals surface area contributed by atoms with Crippen LogP contribution in [0.25, 0.3) is 0 Å². The largest absolute Gasteiger partial charge is 0.315 e. The highest BCUT2D eigenvalue weighted by Crippen LogP contribution is 2.07. The summed E-state index contributed by atoms with van der Waals surface area (Å²) in [6.45, 7) is 10.2. The Morgan fingerprint density at radius 3 is 2.14 bits per heavy atom. The van der Waals surface area contributed by atoms with E-state index in [4.69, 9.17) is 0 Å². The van der Waals surface area contributed by atoms with Gasteiger partial charge in [-0.1, -0.05) is 0 Å². The maximum Gasteiger partial charge on any atom is 0.0110 e. The molecular formula is C11H23N3. The molecule has 2 heterocycles. The molecule has 2 fully saturated rings. The lowest BCUT2D eigenvalue weighted by Gasteiger charge is -2.23. The van der Waals surface area contributed by atoms with E-state index in [1.165, 1.54) is 71.6 Å². The lowest BCUT2D eigenvalue weighted by Crippen LogP contribution is -2.35. The van der Waals surface area contributed by atoms with Crippen molar-refractivity contribution in [1.82, 2.24) is 15.1 Å². The molecule has 2 saturated heterocycles. The topological polar surface area (TPSA) is 18.5 Å². The molecule has 2 aliphatic heterocycles. The summed E-state index contributed by atoms with van der Waals surface area (Å²) in [7, 11) is 0. The lowest BCUT2D eigenvalue weighted by molar-refractivity contribution is 0.235.